The van der Waals surface area contributed by atoms with Crippen molar-refractivity contribution in [3.8, 4) is 5.69 Å². The zero-order chi connectivity index (χ0) is 15.0. The molecule has 21 heavy (non-hydrogen) atoms. The summed E-state index contributed by atoms with van der Waals surface area (Å²) in [7, 11) is 0. The molecule has 2 N–H and O–H groups in total. The Bertz CT molecular complexity index is 859. The van der Waals surface area contributed by atoms with Gasteiger partial charge in [-0.2, -0.15) is 0 Å². The van der Waals surface area contributed by atoms with Crippen molar-refractivity contribution in [2.24, 2.45) is 5.73 Å². The van der Waals surface area contributed by atoms with Gasteiger partial charge in [-0.3, -0.25) is 14.3 Å². The van der Waals surface area contributed by atoms with Crippen molar-refractivity contribution in [3.05, 3.63) is 63.9 Å². The highest BCUT2D eigenvalue weighted by Crippen LogP contribution is 2.22. The lowest BCUT2D eigenvalue weighted by Gasteiger charge is -2.15. The monoisotopic (exact) mass is 300 g/mol. The first-order valence-electron chi connectivity index (χ1n) is 6.46. The van der Waals surface area contributed by atoms with Crippen molar-refractivity contribution in [2.75, 3.05) is 0 Å². The van der Waals surface area contributed by atoms with Gasteiger partial charge in [0.15, 0.2) is 0 Å². The summed E-state index contributed by atoms with van der Waals surface area (Å²) in [5, 5.41) is 0.889. The van der Waals surface area contributed by atoms with Crippen molar-refractivity contribution >= 4 is 22.5 Å². The van der Waals surface area contributed by atoms with Crippen LogP contribution < -0.4 is 11.3 Å². The van der Waals surface area contributed by atoms with Gasteiger partial charge in [0.25, 0.3) is 5.56 Å². The van der Waals surface area contributed by atoms with Gasteiger partial charge >= 0.3 is 0 Å². The zero-order valence-electron chi connectivity index (χ0n) is 11.3. The van der Waals surface area contributed by atoms with Crippen LogP contribution in [0.15, 0.2) is 47.5 Å². The molecule has 0 fully saturated rings. The third-order valence-electron chi connectivity index (χ3n) is 3.19. The maximum Gasteiger partial charge on any atom is 0.266 e. The first-order chi connectivity index (χ1) is 10.1. The number of hydrogen-bond donors (Lipinski definition) is 1. The summed E-state index contributed by atoms with van der Waals surface area (Å²) in [6.45, 7) is 1.78. The Morgan fingerprint density at radius 2 is 2.10 bits per heavy atom. The second kappa shape index (κ2) is 5.27. The van der Waals surface area contributed by atoms with E-state index in [0.717, 1.165) is 0 Å². The predicted molar refractivity (Wildman–Crippen MR) is 82.7 cm³/mol. The number of hydrogen-bond acceptors (Lipinski definition) is 4. The minimum Gasteiger partial charge on any atom is -0.322 e. The van der Waals surface area contributed by atoms with Gasteiger partial charge in [0, 0.05) is 6.20 Å². The average molecular weight is 301 g/mol. The van der Waals surface area contributed by atoms with E-state index in [4.69, 9.17) is 17.3 Å². The Labute approximate surface area is 126 Å². The fourth-order valence-electron chi connectivity index (χ4n) is 2.23. The summed E-state index contributed by atoms with van der Waals surface area (Å²) >= 11 is 6.14. The molecule has 0 bridgehead atoms. The van der Waals surface area contributed by atoms with E-state index in [0.29, 0.717) is 27.4 Å². The molecular formula is C15H13ClN4O. The van der Waals surface area contributed by atoms with Crippen molar-refractivity contribution in [2.45, 2.75) is 13.0 Å². The highest BCUT2D eigenvalue weighted by molar-refractivity contribution is 6.34. The van der Waals surface area contributed by atoms with Crippen molar-refractivity contribution in [1.82, 2.24) is 14.5 Å². The molecule has 3 aromatic rings. The molecule has 0 amide bonds. The minimum atomic E-state index is -0.418. The quantitative estimate of drug-likeness (QED) is 0.789. The van der Waals surface area contributed by atoms with Crippen LogP contribution in [0.1, 0.15) is 18.8 Å². The first-order valence-corrected chi connectivity index (χ1v) is 6.84. The van der Waals surface area contributed by atoms with E-state index in [1.807, 2.05) is 0 Å². The van der Waals surface area contributed by atoms with Gasteiger partial charge in [-0.05, 0) is 31.2 Å². The van der Waals surface area contributed by atoms with Crippen molar-refractivity contribution in [3.63, 3.8) is 0 Å². The minimum absolute atomic E-state index is 0.206. The third kappa shape index (κ3) is 2.30. The van der Waals surface area contributed by atoms with Crippen LogP contribution in [0, 0.1) is 0 Å². The molecule has 0 saturated heterocycles. The molecule has 2 aromatic heterocycles. The number of fused-ring (bicyclic) bond motifs is 1. The number of halogens is 1. The van der Waals surface area contributed by atoms with Gasteiger partial charge in [0.1, 0.15) is 5.82 Å². The topological polar surface area (TPSA) is 73.8 Å². The molecule has 0 spiro atoms. The summed E-state index contributed by atoms with van der Waals surface area (Å²) in [6, 6.07) is 8.27. The second-order valence-corrected chi connectivity index (χ2v) is 5.15. The van der Waals surface area contributed by atoms with Crippen LogP contribution in [0.5, 0.6) is 0 Å². The van der Waals surface area contributed by atoms with Gasteiger partial charge in [0.05, 0.1) is 33.9 Å². The summed E-state index contributed by atoms with van der Waals surface area (Å²) in [6.07, 6.45) is 3.25. The van der Waals surface area contributed by atoms with Gasteiger partial charge in [0.2, 0.25) is 0 Å². The van der Waals surface area contributed by atoms with Gasteiger partial charge in [-0.1, -0.05) is 17.7 Å². The van der Waals surface area contributed by atoms with Crippen LogP contribution >= 0.6 is 11.6 Å². The van der Waals surface area contributed by atoms with E-state index in [9.17, 15) is 4.79 Å². The molecule has 1 aromatic carbocycles. The molecule has 0 aliphatic heterocycles. The number of pyridine rings is 1. The average Bonchev–Trinajstić information content (AvgIpc) is 2.48. The smallest absolute Gasteiger partial charge is 0.266 e. The summed E-state index contributed by atoms with van der Waals surface area (Å²) in [4.78, 5) is 21.3. The van der Waals surface area contributed by atoms with E-state index in [1.165, 1.54) is 4.57 Å². The molecule has 0 saturated carbocycles. The first kappa shape index (κ1) is 13.7. The molecule has 0 radical (unpaired) electrons. The summed E-state index contributed by atoms with van der Waals surface area (Å²) in [5.74, 6) is 0.452. The summed E-state index contributed by atoms with van der Waals surface area (Å²) in [5.41, 5.74) is 6.87. The molecule has 1 atom stereocenters. The fraction of sp³-hybridized carbons (Fsp3) is 0.133. The van der Waals surface area contributed by atoms with Crippen molar-refractivity contribution < 1.29 is 0 Å². The fourth-order valence-corrected chi connectivity index (χ4v) is 2.45. The van der Waals surface area contributed by atoms with Gasteiger partial charge < -0.3 is 5.73 Å². The largest absolute Gasteiger partial charge is 0.322 e. The van der Waals surface area contributed by atoms with Crippen LogP contribution in [-0.2, 0) is 0 Å². The number of rotatable bonds is 2. The van der Waals surface area contributed by atoms with E-state index in [-0.39, 0.29) is 5.56 Å². The Kier molecular flexibility index (Phi) is 3.45. The number of benzene rings is 1. The number of nitrogens with zero attached hydrogens (tertiary/aromatic N) is 3. The van der Waals surface area contributed by atoms with E-state index >= 15 is 0 Å². The Morgan fingerprint density at radius 1 is 1.29 bits per heavy atom. The molecule has 0 aliphatic carbocycles. The molecule has 3 rings (SSSR count). The Hall–Kier alpha value is -2.24. The molecule has 0 unspecified atom stereocenters. The lowest BCUT2D eigenvalue weighted by atomic mass is 10.2. The molecule has 2 heterocycles. The van der Waals surface area contributed by atoms with Crippen LogP contribution in [0.3, 0.4) is 0 Å². The highest BCUT2D eigenvalue weighted by Gasteiger charge is 2.16. The van der Waals surface area contributed by atoms with Crippen LogP contribution in [0.2, 0.25) is 5.02 Å². The molecular weight excluding hydrogens is 288 g/mol. The van der Waals surface area contributed by atoms with Gasteiger partial charge in [-0.25, -0.2) is 4.98 Å². The number of para-hydroxylation sites is 1. The SMILES string of the molecule is C[C@H](N)c1nc2c(Cl)cccc2c(=O)n1-c1cccnc1. The Balaban J connectivity index is 2.46. The van der Waals surface area contributed by atoms with E-state index < -0.39 is 6.04 Å². The normalized spacial score (nSPS) is 12.5. The number of nitrogens with two attached hydrogens (primary N) is 1. The maximum absolute atomic E-state index is 12.8. The van der Waals surface area contributed by atoms with Gasteiger partial charge in [-0.15, -0.1) is 0 Å². The van der Waals surface area contributed by atoms with Crippen molar-refractivity contribution in [1.29, 1.82) is 0 Å². The maximum atomic E-state index is 12.8. The molecule has 0 aliphatic rings. The highest BCUT2D eigenvalue weighted by atomic mass is 35.5. The molecule has 106 valence electrons. The van der Waals surface area contributed by atoms with Crippen LogP contribution in [0.4, 0.5) is 0 Å². The second-order valence-electron chi connectivity index (χ2n) is 4.75. The third-order valence-corrected chi connectivity index (χ3v) is 3.49. The summed E-state index contributed by atoms with van der Waals surface area (Å²) < 4.78 is 1.48. The van der Waals surface area contributed by atoms with E-state index in [1.54, 1.807) is 49.6 Å². The van der Waals surface area contributed by atoms with Crippen LogP contribution in [0.25, 0.3) is 16.6 Å². The Morgan fingerprint density at radius 3 is 2.76 bits per heavy atom. The standard InChI is InChI=1S/C15H13ClN4O/c1-9(17)14-19-13-11(5-2-6-12(13)16)15(21)20(14)10-4-3-7-18-8-10/h2-9H,17H2,1H3/t9-/m0/s1. The lowest BCUT2D eigenvalue weighted by Crippen LogP contribution is -2.27. The number of aromatic nitrogens is 3. The van der Waals surface area contributed by atoms with E-state index in [2.05, 4.69) is 9.97 Å². The van der Waals surface area contributed by atoms with Crippen LogP contribution in [-0.4, -0.2) is 14.5 Å². The molecule has 5 nitrogen and oxygen atoms in total. The molecule has 6 heteroatoms. The lowest BCUT2D eigenvalue weighted by molar-refractivity contribution is 0.695. The zero-order valence-corrected chi connectivity index (χ0v) is 12.1. The predicted octanol–water partition coefficient (Wildman–Crippen LogP) is 2.45.